The molecule has 1 aliphatic carbocycles. The molecule has 108 valence electrons. The van der Waals surface area contributed by atoms with Gasteiger partial charge in [-0.15, -0.1) is 0 Å². The molecule has 2 rings (SSSR count). The second-order valence-corrected chi connectivity index (χ2v) is 5.58. The molecule has 2 fully saturated rings. The number of hydrogen-bond acceptors (Lipinski definition) is 3. The lowest BCUT2D eigenvalue weighted by Gasteiger charge is -2.24. The van der Waals surface area contributed by atoms with Gasteiger partial charge in [0.2, 0.25) is 11.8 Å². The van der Waals surface area contributed by atoms with Crippen LogP contribution in [0.2, 0.25) is 0 Å². The van der Waals surface area contributed by atoms with Crippen molar-refractivity contribution in [2.75, 3.05) is 19.7 Å². The van der Waals surface area contributed by atoms with Crippen molar-refractivity contribution >= 4 is 11.8 Å². The smallest absolute Gasteiger partial charge is 0.239 e. The average molecular weight is 268 g/mol. The summed E-state index contributed by atoms with van der Waals surface area (Å²) in [6, 6.07) is 0.309. The number of amides is 2. The summed E-state index contributed by atoms with van der Waals surface area (Å²) >= 11 is 0. The Morgan fingerprint density at radius 2 is 1.95 bits per heavy atom. The van der Waals surface area contributed by atoms with E-state index in [1.807, 2.05) is 0 Å². The van der Waals surface area contributed by atoms with Crippen LogP contribution in [0.3, 0.4) is 0 Å². The van der Waals surface area contributed by atoms with Crippen molar-refractivity contribution in [1.29, 1.82) is 0 Å². The molecule has 0 spiro atoms. The largest absolute Gasteiger partial charge is 0.376 e. The molecule has 0 aromatic heterocycles. The molecule has 1 saturated heterocycles. The molecule has 1 N–H and O–H groups in total. The van der Waals surface area contributed by atoms with Crippen LogP contribution in [0.1, 0.15) is 45.4 Å². The minimum atomic E-state index is -0.0583. The van der Waals surface area contributed by atoms with Crippen molar-refractivity contribution in [3.05, 3.63) is 0 Å². The van der Waals surface area contributed by atoms with Crippen LogP contribution in [0.5, 0.6) is 0 Å². The van der Waals surface area contributed by atoms with Crippen LogP contribution in [0.15, 0.2) is 0 Å². The number of nitrogens with one attached hydrogen (secondary N) is 1. The van der Waals surface area contributed by atoms with E-state index in [9.17, 15) is 9.59 Å². The van der Waals surface area contributed by atoms with Crippen LogP contribution in [0, 0.1) is 0 Å². The molecular weight excluding hydrogens is 244 g/mol. The van der Waals surface area contributed by atoms with Gasteiger partial charge in [-0.2, -0.15) is 0 Å². The third-order valence-corrected chi connectivity index (χ3v) is 3.95. The minimum Gasteiger partial charge on any atom is -0.376 e. The topological polar surface area (TPSA) is 58.6 Å². The van der Waals surface area contributed by atoms with E-state index in [1.165, 1.54) is 19.8 Å². The summed E-state index contributed by atoms with van der Waals surface area (Å²) in [5.41, 5.74) is 0. The Morgan fingerprint density at radius 3 is 2.53 bits per heavy atom. The summed E-state index contributed by atoms with van der Waals surface area (Å²) in [5.74, 6) is -0.0998. The van der Waals surface area contributed by atoms with Crippen molar-refractivity contribution in [1.82, 2.24) is 10.2 Å². The van der Waals surface area contributed by atoms with Crippen LogP contribution in [-0.4, -0.2) is 48.6 Å². The molecule has 1 heterocycles. The first-order valence-corrected chi connectivity index (χ1v) is 7.31. The lowest BCUT2D eigenvalue weighted by Crippen LogP contribution is -2.45. The molecular formula is C14H24N2O3. The van der Waals surface area contributed by atoms with Gasteiger partial charge in [0.1, 0.15) is 0 Å². The highest BCUT2D eigenvalue weighted by Gasteiger charge is 2.24. The second-order valence-electron chi connectivity index (χ2n) is 5.58. The Kier molecular flexibility index (Phi) is 5.19. The third kappa shape index (κ3) is 4.49. The summed E-state index contributed by atoms with van der Waals surface area (Å²) in [6.07, 6.45) is 6.64. The molecule has 0 aromatic carbocycles. The van der Waals surface area contributed by atoms with E-state index >= 15 is 0 Å². The fourth-order valence-corrected chi connectivity index (χ4v) is 2.86. The van der Waals surface area contributed by atoms with Crippen molar-refractivity contribution in [3.8, 4) is 0 Å². The van der Waals surface area contributed by atoms with E-state index in [1.54, 1.807) is 4.90 Å². The van der Waals surface area contributed by atoms with Gasteiger partial charge in [0.25, 0.3) is 0 Å². The average Bonchev–Trinajstić information content (AvgIpc) is 3.00. The zero-order valence-corrected chi connectivity index (χ0v) is 11.7. The fraction of sp³-hybridized carbons (Fsp3) is 0.857. The molecule has 5 nitrogen and oxygen atoms in total. The Hall–Kier alpha value is -1.10. The maximum atomic E-state index is 11.9. The predicted octanol–water partition coefficient (Wildman–Crippen LogP) is 1.07. The first-order chi connectivity index (χ1) is 9.15. The molecule has 2 aliphatic rings. The number of hydrogen-bond donors (Lipinski definition) is 1. The normalized spacial score (nSPS) is 23.5. The SMILES string of the molecule is CC(=O)N(CC(=O)NC1CCCC1)CC1CCCO1. The molecule has 5 heteroatoms. The van der Waals surface area contributed by atoms with Crippen LogP contribution < -0.4 is 5.32 Å². The van der Waals surface area contributed by atoms with Gasteiger partial charge in [0.05, 0.1) is 12.6 Å². The highest BCUT2D eigenvalue weighted by atomic mass is 16.5. The van der Waals surface area contributed by atoms with E-state index in [2.05, 4.69) is 5.32 Å². The van der Waals surface area contributed by atoms with Crippen LogP contribution >= 0.6 is 0 Å². The summed E-state index contributed by atoms with van der Waals surface area (Å²) in [6.45, 7) is 2.97. The number of carbonyl (C=O) groups excluding carboxylic acids is 2. The summed E-state index contributed by atoms with van der Waals surface area (Å²) in [7, 11) is 0. The molecule has 1 saturated carbocycles. The quantitative estimate of drug-likeness (QED) is 0.811. The fourth-order valence-electron chi connectivity index (χ4n) is 2.86. The Morgan fingerprint density at radius 1 is 1.21 bits per heavy atom. The zero-order chi connectivity index (χ0) is 13.7. The molecule has 0 aromatic rings. The molecule has 0 radical (unpaired) electrons. The first-order valence-electron chi connectivity index (χ1n) is 7.31. The first kappa shape index (κ1) is 14.3. The van der Waals surface area contributed by atoms with Gasteiger partial charge in [-0.1, -0.05) is 12.8 Å². The van der Waals surface area contributed by atoms with E-state index < -0.39 is 0 Å². The van der Waals surface area contributed by atoms with Crippen LogP contribution in [0.4, 0.5) is 0 Å². The lowest BCUT2D eigenvalue weighted by molar-refractivity contribution is -0.136. The number of ether oxygens (including phenoxy) is 1. The summed E-state index contributed by atoms with van der Waals surface area (Å²) in [5, 5.41) is 3.02. The second kappa shape index (κ2) is 6.89. The van der Waals surface area contributed by atoms with Crippen molar-refractivity contribution in [2.24, 2.45) is 0 Å². The van der Waals surface area contributed by atoms with Gasteiger partial charge in [0.15, 0.2) is 0 Å². The van der Waals surface area contributed by atoms with E-state index in [4.69, 9.17) is 4.74 Å². The molecule has 19 heavy (non-hydrogen) atoms. The Labute approximate surface area is 114 Å². The number of rotatable bonds is 5. The lowest BCUT2D eigenvalue weighted by atomic mass is 10.2. The summed E-state index contributed by atoms with van der Waals surface area (Å²) < 4.78 is 5.52. The molecule has 0 bridgehead atoms. The Balaban J connectivity index is 1.77. The highest BCUT2D eigenvalue weighted by molar-refractivity contribution is 5.83. The summed E-state index contributed by atoms with van der Waals surface area (Å²) in [4.78, 5) is 25.1. The standard InChI is InChI=1S/C14H24N2O3/c1-11(17)16(9-13-7-4-8-19-13)10-14(18)15-12-5-2-3-6-12/h12-13H,2-10H2,1H3,(H,15,18). The van der Waals surface area contributed by atoms with E-state index in [-0.39, 0.29) is 24.5 Å². The molecule has 1 unspecified atom stereocenters. The van der Waals surface area contributed by atoms with Gasteiger partial charge in [-0.05, 0) is 25.7 Å². The van der Waals surface area contributed by atoms with Gasteiger partial charge < -0.3 is 15.0 Å². The molecule has 1 atom stereocenters. The number of nitrogens with zero attached hydrogens (tertiary/aromatic N) is 1. The molecule has 1 aliphatic heterocycles. The van der Waals surface area contributed by atoms with Gasteiger partial charge >= 0.3 is 0 Å². The van der Waals surface area contributed by atoms with Gasteiger partial charge in [-0.25, -0.2) is 0 Å². The maximum absolute atomic E-state index is 11.9. The maximum Gasteiger partial charge on any atom is 0.239 e. The highest BCUT2D eigenvalue weighted by Crippen LogP contribution is 2.17. The van der Waals surface area contributed by atoms with Crippen LogP contribution in [0.25, 0.3) is 0 Å². The van der Waals surface area contributed by atoms with Crippen LogP contribution in [-0.2, 0) is 14.3 Å². The van der Waals surface area contributed by atoms with Crippen molar-refractivity contribution in [3.63, 3.8) is 0 Å². The number of carbonyl (C=O) groups is 2. The third-order valence-electron chi connectivity index (χ3n) is 3.95. The van der Waals surface area contributed by atoms with Gasteiger partial charge in [0, 0.05) is 26.1 Å². The minimum absolute atomic E-state index is 0.0416. The van der Waals surface area contributed by atoms with E-state index in [0.29, 0.717) is 12.6 Å². The predicted molar refractivity (Wildman–Crippen MR) is 71.6 cm³/mol. The Bertz CT molecular complexity index is 321. The van der Waals surface area contributed by atoms with Gasteiger partial charge in [-0.3, -0.25) is 9.59 Å². The monoisotopic (exact) mass is 268 g/mol. The molecule has 2 amide bonds. The van der Waals surface area contributed by atoms with Crippen molar-refractivity contribution in [2.45, 2.75) is 57.6 Å². The van der Waals surface area contributed by atoms with Crippen molar-refractivity contribution < 1.29 is 14.3 Å². The van der Waals surface area contributed by atoms with E-state index in [0.717, 1.165) is 32.3 Å². The zero-order valence-electron chi connectivity index (χ0n) is 11.7.